The van der Waals surface area contributed by atoms with Crippen LogP contribution in [-0.4, -0.2) is 19.1 Å². The van der Waals surface area contributed by atoms with E-state index in [2.05, 4.69) is 28.4 Å². The molecule has 2 heteroatoms. The highest BCUT2D eigenvalue weighted by atomic mass is 15.2. The second-order valence-corrected chi connectivity index (χ2v) is 5.68. The largest absolute Gasteiger partial charge is 0.366 e. The summed E-state index contributed by atoms with van der Waals surface area (Å²) in [7, 11) is 0. The minimum Gasteiger partial charge on any atom is -0.366 e. The second-order valence-electron chi connectivity index (χ2n) is 5.68. The topological polar surface area (TPSA) is 15.3 Å². The molecule has 0 spiro atoms. The Morgan fingerprint density at radius 1 is 1.18 bits per heavy atom. The van der Waals surface area contributed by atoms with Gasteiger partial charge in [-0.25, -0.2) is 0 Å². The molecule has 2 aliphatic heterocycles. The SMILES string of the molecule is c1cc2c3c(c1)[C@H]1CCCC[C@H]1N3CCNC2. The molecule has 4 rings (SSSR count). The Balaban J connectivity index is 1.87. The lowest BCUT2D eigenvalue weighted by molar-refractivity contribution is 0.386. The zero-order chi connectivity index (χ0) is 11.2. The van der Waals surface area contributed by atoms with E-state index in [0.717, 1.165) is 25.0 Å². The van der Waals surface area contributed by atoms with Crippen molar-refractivity contribution in [3.8, 4) is 0 Å². The van der Waals surface area contributed by atoms with Gasteiger partial charge >= 0.3 is 0 Å². The molecular formula is C15H20N2. The second kappa shape index (κ2) is 3.74. The molecule has 0 unspecified atom stereocenters. The standard InChI is InChI=1S/C15H20N2/c1-2-7-14-12(5-1)13-6-3-4-11-10-16-8-9-17(14)15(11)13/h3-4,6,12,14,16H,1-2,5,7-10H2/t12-,14-/m1/s1. The Kier molecular flexibility index (Phi) is 2.19. The van der Waals surface area contributed by atoms with Gasteiger partial charge in [0.2, 0.25) is 0 Å². The smallest absolute Gasteiger partial charge is 0.0451 e. The monoisotopic (exact) mass is 228 g/mol. The van der Waals surface area contributed by atoms with Crippen molar-refractivity contribution in [3.63, 3.8) is 0 Å². The number of nitrogens with zero attached hydrogens (tertiary/aromatic N) is 1. The molecule has 90 valence electrons. The summed E-state index contributed by atoms with van der Waals surface area (Å²) < 4.78 is 0. The first-order valence-corrected chi connectivity index (χ1v) is 7.04. The zero-order valence-corrected chi connectivity index (χ0v) is 10.3. The van der Waals surface area contributed by atoms with Gasteiger partial charge in [-0.05, 0) is 24.0 Å². The summed E-state index contributed by atoms with van der Waals surface area (Å²) >= 11 is 0. The summed E-state index contributed by atoms with van der Waals surface area (Å²) in [6, 6.07) is 7.75. The van der Waals surface area contributed by atoms with Crippen LogP contribution in [0.4, 0.5) is 5.69 Å². The van der Waals surface area contributed by atoms with Crippen molar-refractivity contribution in [1.29, 1.82) is 0 Å². The van der Waals surface area contributed by atoms with Crippen molar-refractivity contribution in [2.24, 2.45) is 0 Å². The Hall–Kier alpha value is -1.02. The number of anilines is 1. The van der Waals surface area contributed by atoms with Crippen molar-refractivity contribution in [2.45, 2.75) is 44.2 Å². The molecular weight excluding hydrogens is 208 g/mol. The maximum atomic E-state index is 3.55. The van der Waals surface area contributed by atoms with Gasteiger partial charge in [0, 0.05) is 37.3 Å². The van der Waals surface area contributed by atoms with Crippen LogP contribution in [0.25, 0.3) is 0 Å². The van der Waals surface area contributed by atoms with Gasteiger partial charge in [-0.1, -0.05) is 31.0 Å². The molecule has 0 amide bonds. The molecule has 1 saturated carbocycles. The minimum absolute atomic E-state index is 0.805. The van der Waals surface area contributed by atoms with Crippen molar-refractivity contribution in [2.75, 3.05) is 18.0 Å². The van der Waals surface area contributed by atoms with Crippen LogP contribution in [0.15, 0.2) is 18.2 Å². The van der Waals surface area contributed by atoms with E-state index < -0.39 is 0 Å². The predicted octanol–water partition coefficient (Wildman–Crippen LogP) is 2.64. The fourth-order valence-corrected chi connectivity index (χ4v) is 4.12. The van der Waals surface area contributed by atoms with Gasteiger partial charge < -0.3 is 10.2 Å². The van der Waals surface area contributed by atoms with Crippen LogP contribution >= 0.6 is 0 Å². The maximum absolute atomic E-state index is 3.55. The van der Waals surface area contributed by atoms with E-state index in [0.29, 0.717) is 0 Å². The highest BCUT2D eigenvalue weighted by molar-refractivity contribution is 5.67. The third kappa shape index (κ3) is 1.37. The third-order valence-corrected chi connectivity index (χ3v) is 4.81. The normalized spacial score (nSPS) is 30.7. The molecule has 1 aliphatic carbocycles. The van der Waals surface area contributed by atoms with Gasteiger partial charge in [-0.2, -0.15) is 0 Å². The summed E-state index contributed by atoms with van der Waals surface area (Å²) in [6.07, 6.45) is 5.66. The molecule has 1 aromatic rings. The Morgan fingerprint density at radius 3 is 3.12 bits per heavy atom. The Labute approximate surface area is 103 Å². The molecule has 1 aromatic carbocycles. The van der Waals surface area contributed by atoms with Crippen LogP contribution in [-0.2, 0) is 6.54 Å². The first-order chi connectivity index (χ1) is 8.45. The average Bonchev–Trinajstić information content (AvgIpc) is 2.56. The quantitative estimate of drug-likeness (QED) is 0.734. The number of hydrogen-bond donors (Lipinski definition) is 1. The Morgan fingerprint density at radius 2 is 2.12 bits per heavy atom. The van der Waals surface area contributed by atoms with Crippen LogP contribution in [0.1, 0.15) is 42.7 Å². The average molecular weight is 228 g/mol. The zero-order valence-electron chi connectivity index (χ0n) is 10.3. The number of rotatable bonds is 0. The van der Waals surface area contributed by atoms with Crippen molar-refractivity contribution >= 4 is 5.69 Å². The fraction of sp³-hybridized carbons (Fsp3) is 0.600. The highest BCUT2D eigenvalue weighted by Gasteiger charge is 2.40. The van der Waals surface area contributed by atoms with Crippen LogP contribution < -0.4 is 10.2 Å². The molecule has 2 heterocycles. The van der Waals surface area contributed by atoms with E-state index in [1.165, 1.54) is 37.8 Å². The molecule has 17 heavy (non-hydrogen) atoms. The molecule has 2 nitrogen and oxygen atoms in total. The van der Waals surface area contributed by atoms with Crippen LogP contribution in [0.5, 0.6) is 0 Å². The number of hydrogen-bond acceptors (Lipinski definition) is 2. The summed E-state index contributed by atoms with van der Waals surface area (Å²) in [6.45, 7) is 3.39. The number of benzene rings is 1. The lowest BCUT2D eigenvalue weighted by Crippen LogP contribution is -2.38. The number of fused-ring (bicyclic) bond motifs is 3. The number of nitrogens with one attached hydrogen (secondary N) is 1. The molecule has 0 radical (unpaired) electrons. The van der Waals surface area contributed by atoms with Gasteiger partial charge in [0.1, 0.15) is 0 Å². The first-order valence-electron chi connectivity index (χ1n) is 7.04. The van der Waals surface area contributed by atoms with E-state index >= 15 is 0 Å². The molecule has 1 N–H and O–H groups in total. The molecule has 0 bridgehead atoms. The van der Waals surface area contributed by atoms with Crippen molar-refractivity contribution < 1.29 is 0 Å². The van der Waals surface area contributed by atoms with Crippen LogP contribution in [0.3, 0.4) is 0 Å². The molecule has 0 aromatic heterocycles. The lowest BCUT2D eigenvalue weighted by Gasteiger charge is -2.33. The van der Waals surface area contributed by atoms with E-state index in [9.17, 15) is 0 Å². The minimum atomic E-state index is 0.805. The van der Waals surface area contributed by atoms with Crippen molar-refractivity contribution in [3.05, 3.63) is 29.3 Å². The fourth-order valence-electron chi connectivity index (χ4n) is 4.12. The van der Waals surface area contributed by atoms with Crippen LogP contribution in [0, 0.1) is 0 Å². The van der Waals surface area contributed by atoms with E-state index in [4.69, 9.17) is 0 Å². The third-order valence-electron chi connectivity index (χ3n) is 4.81. The van der Waals surface area contributed by atoms with Crippen LogP contribution in [0.2, 0.25) is 0 Å². The summed E-state index contributed by atoms with van der Waals surface area (Å²) in [5.74, 6) is 0.830. The molecule has 2 atom stereocenters. The molecule has 1 fully saturated rings. The summed E-state index contributed by atoms with van der Waals surface area (Å²) in [5.41, 5.74) is 4.76. The molecule has 0 saturated heterocycles. The van der Waals surface area contributed by atoms with Gasteiger partial charge in [0.25, 0.3) is 0 Å². The maximum Gasteiger partial charge on any atom is 0.0451 e. The van der Waals surface area contributed by atoms with Gasteiger partial charge in [0.05, 0.1) is 0 Å². The highest BCUT2D eigenvalue weighted by Crippen LogP contribution is 2.49. The number of para-hydroxylation sites is 1. The van der Waals surface area contributed by atoms with Crippen molar-refractivity contribution in [1.82, 2.24) is 5.32 Å². The summed E-state index contributed by atoms with van der Waals surface area (Å²) in [5, 5.41) is 3.55. The van der Waals surface area contributed by atoms with E-state index in [-0.39, 0.29) is 0 Å². The van der Waals surface area contributed by atoms with Gasteiger partial charge in [0.15, 0.2) is 0 Å². The predicted molar refractivity (Wildman–Crippen MR) is 70.5 cm³/mol. The summed E-state index contributed by atoms with van der Waals surface area (Å²) in [4.78, 5) is 2.72. The van der Waals surface area contributed by atoms with Gasteiger partial charge in [-0.3, -0.25) is 0 Å². The van der Waals surface area contributed by atoms with E-state index in [1.807, 2.05) is 0 Å². The Bertz CT molecular complexity index is 441. The van der Waals surface area contributed by atoms with E-state index in [1.54, 1.807) is 11.3 Å². The first kappa shape index (κ1) is 9.95. The van der Waals surface area contributed by atoms with Gasteiger partial charge in [-0.15, -0.1) is 0 Å². The molecule has 3 aliphatic rings. The lowest BCUT2D eigenvalue weighted by atomic mass is 9.82.